The molecule has 2 fully saturated rings. The van der Waals surface area contributed by atoms with Crippen LogP contribution in [-0.4, -0.2) is 70.1 Å². The number of likely N-dealkylation sites (tertiary alicyclic amines) is 1. The molecule has 1 aromatic heterocycles. The molecule has 56 heavy (non-hydrogen) atoms. The van der Waals surface area contributed by atoms with E-state index < -0.39 is 24.3 Å². The van der Waals surface area contributed by atoms with Crippen LogP contribution in [0.4, 0.5) is 4.79 Å². The molecule has 3 amide bonds. The van der Waals surface area contributed by atoms with E-state index in [-0.39, 0.29) is 44.3 Å². The van der Waals surface area contributed by atoms with Crippen LogP contribution in [0.5, 0.6) is 0 Å². The van der Waals surface area contributed by atoms with Crippen LogP contribution >= 0.6 is 0 Å². The molecule has 4 atom stereocenters. The quantitative estimate of drug-likeness (QED) is 0.122. The number of rotatable bonds is 14. The van der Waals surface area contributed by atoms with Gasteiger partial charge in [0.15, 0.2) is 6.29 Å². The van der Waals surface area contributed by atoms with E-state index in [1.807, 2.05) is 128 Å². The largest absolute Gasteiger partial charge is 0.445 e. The molecule has 11 nitrogen and oxygen atoms in total. The van der Waals surface area contributed by atoms with Gasteiger partial charge < -0.3 is 29.5 Å². The van der Waals surface area contributed by atoms with E-state index in [9.17, 15) is 19.5 Å². The van der Waals surface area contributed by atoms with Crippen molar-refractivity contribution in [3.63, 3.8) is 0 Å². The number of hydrogen-bond donors (Lipinski definition) is 2. The number of imide groups is 1. The minimum atomic E-state index is -0.992. The first-order valence-corrected chi connectivity index (χ1v) is 18.9. The second kappa shape index (κ2) is 18.3. The first-order valence-electron chi connectivity index (χ1n) is 18.9. The Morgan fingerprint density at radius 3 is 2.36 bits per heavy atom. The maximum Gasteiger partial charge on any atom is 0.408 e. The molecule has 0 spiro atoms. The number of carbonyl (C=O) groups excluding carboxylic acids is 3. The van der Waals surface area contributed by atoms with Crippen molar-refractivity contribution in [3.8, 4) is 11.1 Å². The number of carbonyl (C=O) groups is 3. The fourth-order valence-corrected chi connectivity index (χ4v) is 7.12. The van der Waals surface area contributed by atoms with E-state index in [0.717, 1.165) is 57.6 Å². The second-order valence-corrected chi connectivity index (χ2v) is 14.2. The van der Waals surface area contributed by atoms with Gasteiger partial charge in [-0.3, -0.25) is 19.5 Å². The molecule has 0 saturated carbocycles. The van der Waals surface area contributed by atoms with Gasteiger partial charge in [-0.2, -0.15) is 0 Å². The van der Waals surface area contributed by atoms with E-state index in [0.29, 0.717) is 13.0 Å². The normalized spacial score (nSPS) is 19.7. The molecule has 1 unspecified atom stereocenters. The number of nitrogens with one attached hydrogen (secondary N) is 1. The predicted octanol–water partition coefficient (Wildman–Crippen LogP) is 6.51. The summed E-state index contributed by atoms with van der Waals surface area (Å²) >= 11 is 0. The number of aliphatic hydroxyl groups is 1. The highest BCUT2D eigenvalue weighted by atomic mass is 16.7. The van der Waals surface area contributed by atoms with Gasteiger partial charge in [0.2, 0.25) is 5.91 Å². The summed E-state index contributed by atoms with van der Waals surface area (Å²) in [6.45, 7) is 1.64. The van der Waals surface area contributed by atoms with Gasteiger partial charge in [-0.1, -0.05) is 109 Å². The lowest BCUT2D eigenvalue weighted by molar-refractivity contribution is -0.252. The average molecular weight is 755 g/mol. The molecule has 2 aliphatic heterocycles. The lowest BCUT2D eigenvalue weighted by Crippen LogP contribution is -2.41. The minimum absolute atomic E-state index is 0.0227. The average Bonchev–Trinajstić information content (AvgIpc) is 3.50. The number of alkyl carbamates (subject to hydrolysis) is 1. The van der Waals surface area contributed by atoms with Crippen molar-refractivity contribution in [1.82, 2.24) is 20.1 Å². The molecule has 11 heteroatoms. The number of ether oxygens (including phenoxy) is 3. The van der Waals surface area contributed by atoms with Crippen LogP contribution < -0.4 is 5.32 Å². The summed E-state index contributed by atoms with van der Waals surface area (Å²) in [5.41, 5.74) is 7.16. The molecule has 288 valence electrons. The molecule has 4 aromatic carbocycles. The third kappa shape index (κ3) is 9.74. The minimum Gasteiger partial charge on any atom is -0.445 e. The van der Waals surface area contributed by atoms with Crippen molar-refractivity contribution >= 4 is 17.9 Å². The summed E-state index contributed by atoms with van der Waals surface area (Å²) in [4.78, 5) is 46.8. The van der Waals surface area contributed by atoms with E-state index in [2.05, 4.69) is 22.2 Å². The highest BCUT2D eigenvalue weighted by Crippen LogP contribution is 2.39. The zero-order chi connectivity index (χ0) is 38.9. The highest BCUT2D eigenvalue weighted by molar-refractivity contribution is 6.06. The van der Waals surface area contributed by atoms with Gasteiger partial charge in [0.25, 0.3) is 5.91 Å². The lowest BCUT2D eigenvalue weighted by atomic mass is 9.97. The fourth-order valence-electron chi connectivity index (χ4n) is 7.12. The molecule has 0 bridgehead atoms. The van der Waals surface area contributed by atoms with Crippen LogP contribution in [0.2, 0.25) is 0 Å². The Balaban J connectivity index is 1.02. The highest BCUT2D eigenvalue weighted by Gasteiger charge is 2.40. The van der Waals surface area contributed by atoms with E-state index in [1.165, 1.54) is 4.90 Å². The van der Waals surface area contributed by atoms with Gasteiger partial charge in [-0.15, -0.1) is 0 Å². The van der Waals surface area contributed by atoms with Crippen molar-refractivity contribution in [2.75, 3.05) is 20.1 Å². The van der Waals surface area contributed by atoms with Crippen LogP contribution in [0.25, 0.3) is 11.1 Å². The Hall–Kier alpha value is -5.72. The van der Waals surface area contributed by atoms with Crippen molar-refractivity contribution in [2.24, 2.45) is 0 Å². The number of amides is 3. The van der Waals surface area contributed by atoms with Crippen molar-refractivity contribution < 1.29 is 33.7 Å². The predicted molar refractivity (Wildman–Crippen MR) is 209 cm³/mol. The zero-order valence-corrected chi connectivity index (χ0v) is 31.3. The summed E-state index contributed by atoms with van der Waals surface area (Å²) in [5.74, 6) is -0.835. The summed E-state index contributed by atoms with van der Waals surface area (Å²) in [6, 6.07) is 37.7. The van der Waals surface area contributed by atoms with E-state index in [1.54, 1.807) is 0 Å². The van der Waals surface area contributed by atoms with Gasteiger partial charge in [0, 0.05) is 43.4 Å². The topological polar surface area (TPSA) is 131 Å². The van der Waals surface area contributed by atoms with Crippen LogP contribution in [0.15, 0.2) is 128 Å². The lowest BCUT2D eigenvalue weighted by Gasteiger charge is -2.38. The molecule has 5 aromatic rings. The standard InChI is InChI=1S/C45H46N4O7/c1-48(24-22-37-12-7-8-23-46-37)28-38-25-41(34-16-14-31(29-50)15-17-34)56-44(55-38)35-20-18-33(19-21-35)39-13-6-5-11-36(39)27-49-42(51)26-40(43(49)52)47-45(53)54-30-32-9-3-2-4-10-32/h2-21,23,38,40-41,44,50H,22,24-30H2,1H3,(H,47,53)/t38-,40?,41+,44+/m1/s1. The van der Waals surface area contributed by atoms with Gasteiger partial charge in [-0.25, -0.2) is 4.79 Å². The first kappa shape index (κ1) is 38.6. The van der Waals surface area contributed by atoms with E-state index >= 15 is 0 Å². The number of pyridine rings is 1. The van der Waals surface area contributed by atoms with Crippen LogP contribution in [0, 0.1) is 0 Å². The van der Waals surface area contributed by atoms with Crippen molar-refractivity contribution in [3.05, 3.63) is 161 Å². The summed E-state index contributed by atoms with van der Waals surface area (Å²) in [7, 11) is 2.09. The number of aromatic nitrogens is 1. The van der Waals surface area contributed by atoms with Gasteiger partial charge in [0.1, 0.15) is 12.6 Å². The van der Waals surface area contributed by atoms with Gasteiger partial charge in [0.05, 0.1) is 31.8 Å². The number of benzene rings is 4. The van der Waals surface area contributed by atoms with Crippen LogP contribution in [0.3, 0.4) is 0 Å². The maximum absolute atomic E-state index is 13.3. The van der Waals surface area contributed by atoms with Gasteiger partial charge >= 0.3 is 6.09 Å². The molecule has 2 aliphatic rings. The smallest absolute Gasteiger partial charge is 0.408 e. The molecule has 2 N–H and O–H groups in total. The maximum atomic E-state index is 13.3. The molecule has 7 rings (SSSR count). The number of hydrogen-bond acceptors (Lipinski definition) is 9. The monoisotopic (exact) mass is 754 g/mol. The molecule has 2 saturated heterocycles. The number of aliphatic hydroxyl groups excluding tert-OH is 1. The second-order valence-electron chi connectivity index (χ2n) is 14.2. The number of nitrogens with zero attached hydrogens (tertiary/aromatic N) is 3. The summed E-state index contributed by atoms with van der Waals surface area (Å²) in [5, 5.41) is 12.2. The Morgan fingerprint density at radius 2 is 1.61 bits per heavy atom. The SMILES string of the molecule is CN(CCc1ccccn1)C[C@H]1C[C@@H](c2ccc(CO)cc2)O[C@@H](c2ccc(-c3ccccc3CN3C(=O)CC(NC(=O)OCc4ccccc4)C3=O)cc2)O1. The number of likely N-dealkylation sites (N-methyl/N-ethyl adjacent to an activating group) is 1. The fraction of sp³-hybridized carbons (Fsp3) is 0.289. The summed E-state index contributed by atoms with van der Waals surface area (Å²) < 4.78 is 18.5. The van der Waals surface area contributed by atoms with Crippen LogP contribution in [0.1, 0.15) is 58.7 Å². The zero-order valence-electron chi connectivity index (χ0n) is 31.3. The van der Waals surface area contributed by atoms with Crippen LogP contribution in [-0.2, 0) is 50.0 Å². The molecule has 0 aliphatic carbocycles. The van der Waals surface area contributed by atoms with E-state index in [4.69, 9.17) is 14.2 Å². The molecular weight excluding hydrogens is 709 g/mol. The third-order valence-electron chi connectivity index (χ3n) is 10.2. The Morgan fingerprint density at radius 1 is 0.875 bits per heavy atom. The molecule has 3 heterocycles. The third-order valence-corrected chi connectivity index (χ3v) is 10.2. The first-order chi connectivity index (χ1) is 27.3. The molecule has 0 radical (unpaired) electrons. The summed E-state index contributed by atoms with van der Waals surface area (Å²) in [6.07, 6.45) is 1.50. The Labute approximate surface area is 326 Å². The Bertz CT molecular complexity index is 2080. The Kier molecular flexibility index (Phi) is 12.6. The van der Waals surface area contributed by atoms with Crippen molar-refractivity contribution in [1.29, 1.82) is 0 Å². The van der Waals surface area contributed by atoms with Crippen molar-refractivity contribution in [2.45, 2.75) is 63.6 Å². The molecular formula is C45H46N4O7. The van der Waals surface area contributed by atoms with Gasteiger partial charge in [-0.05, 0) is 52.6 Å².